The van der Waals surface area contributed by atoms with E-state index in [0.29, 0.717) is 34.2 Å². The van der Waals surface area contributed by atoms with Gasteiger partial charge in [-0.25, -0.2) is 0 Å². The molecule has 1 aromatic carbocycles. The van der Waals surface area contributed by atoms with E-state index in [-0.39, 0.29) is 24.5 Å². The Morgan fingerprint density at radius 2 is 2.10 bits per heavy atom. The molecular formula is C21H26N6O3S. The third-order valence-corrected chi connectivity index (χ3v) is 5.41. The van der Waals surface area contributed by atoms with Gasteiger partial charge in [-0.2, -0.15) is 9.64 Å². The first kappa shape index (κ1) is 24.0. The number of ether oxygens (including phenoxy) is 1. The van der Waals surface area contributed by atoms with Crippen LogP contribution in [0.25, 0.3) is 0 Å². The van der Waals surface area contributed by atoms with Crippen LogP contribution < -0.4 is 10.2 Å². The molecule has 1 unspecified atom stereocenters. The third kappa shape index (κ3) is 6.58. The Balaban J connectivity index is 2.38. The number of nitriles is 1. The average Bonchev–Trinajstić information content (AvgIpc) is 3.08. The van der Waals surface area contributed by atoms with E-state index in [9.17, 15) is 14.9 Å². The van der Waals surface area contributed by atoms with Crippen LogP contribution in [-0.4, -0.2) is 35.4 Å². The van der Waals surface area contributed by atoms with E-state index in [1.807, 2.05) is 12.1 Å². The van der Waals surface area contributed by atoms with Gasteiger partial charge >= 0.3 is 5.97 Å². The Labute approximate surface area is 185 Å². The number of rotatable bonds is 9. The van der Waals surface area contributed by atoms with Gasteiger partial charge in [0.2, 0.25) is 5.91 Å². The number of aryl methyl sites for hydroxylation is 1. The summed E-state index contributed by atoms with van der Waals surface area (Å²) >= 11 is 1.10. The van der Waals surface area contributed by atoms with Crippen LogP contribution in [0.2, 0.25) is 0 Å². The highest BCUT2D eigenvalue weighted by atomic mass is 32.1. The molecule has 1 atom stereocenters. The zero-order chi connectivity index (χ0) is 23.0. The van der Waals surface area contributed by atoms with Gasteiger partial charge in [0, 0.05) is 25.6 Å². The van der Waals surface area contributed by atoms with Crippen molar-refractivity contribution in [1.29, 1.82) is 5.26 Å². The lowest BCUT2D eigenvalue weighted by Crippen LogP contribution is -2.35. The van der Waals surface area contributed by atoms with Crippen LogP contribution in [0.5, 0.6) is 0 Å². The van der Waals surface area contributed by atoms with E-state index < -0.39 is 0 Å². The molecule has 0 aliphatic carbocycles. The highest BCUT2D eigenvalue weighted by molar-refractivity contribution is 7.10. The zero-order valence-corrected chi connectivity index (χ0v) is 19.1. The van der Waals surface area contributed by atoms with E-state index >= 15 is 0 Å². The first-order chi connectivity index (χ1) is 14.8. The Morgan fingerprint density at radius 3 is 2.71 bits per heavy atom. The van der Waals surface area contributed by atoms with Crippen molar-refractivity contribution in [2.75, 3.05) is 23.4 Å². The number of esters is 1. The van der Waals surface area contributed by atoms with Crippen molar-refractivity contribution < 1.29 is 14.3 Å². The maximum absolute atomic E-state index is 11.8. The van der Waals surface area contributed by atoms with E-state index in [0.717, 1.165) is 23.6 Å². The number of nitrogens with one attached hydrogen (secondary N) is 1. The molecule has 1 N–H and O–H groups in total. The number of carbonyl (C=O) groups excluding carboxylic acids is 2. The number of hydrogen-bond donors (Lipinski definition) is 1. The summed E-state index contributed by atoms with van der Waals surface area (Å²) in [6, 6.07) is 7.72. The normalized spacial score (nSPS) is 11.7. The van der Waals surface area contributed by atoms with Crippen LogP contribution in [0.1, 0.15) is 45.4 Å². The number of nitrogens with zero attached hydrogens (tertiary/aromatic N) is 5. The second-order valence-corrected chi connectivity index (χ2v) is 7.69. The monoisotopic (exact) mass is 442 g/mol. The summed E-state index contributed by atoms with van der Waals surface area (Å²) < 4.78 is 9.23. The highest BCUT2D eigenvalue weighted by Crippen LogP contribution is 2.34. The first-order valence-electron chi connectivity index (χ1n) is 9.86. The number of amides is 1. The van der Waals surface area contributed by atoms with Crippen molar-refractivity contribution in [2.24, 2.45) is 10.2 Å². The van der Waals surface area contributed by atoms with Gasteiger partial charge in [-0.3, -0.25) is 9.59 Å². The molecule has 1 aromatic heterocycles. The summed E-state index contributed by atoms with van der Waals surface area (Å²) in [4.78, 5) is 25.0. The Kier molecular flexibility index (Phi) is 8.63. The molecule has 1 amide bonds. The second kappa shape index (κ2) is 11.2. The molecule has 0 aliphatic heterocycles. The van der Waals surface area contributed by atoms with E-state index in [4.69, 9.17) is 4.74 Å². The van der Waals surface area contributed by atoms with Gasteiger partial charge in [0.25, 0.3) is 0 Å². The Hall–Kier alpha value is -3.32. The van der Waals surface area contributed by atoms with Crippen LogP contribution in [0.3, 0.4) is 0 Å². The third-order valence-electron chi connectivity index (χ3n) is 4.59. The number of azo groups is 1. The van der Waals surface area contributed by atoms with Crippen LogP contribution in [0, 0.1) is 18.3 Å². The number of hydrogen-bond acceptors (Lipinski definition) is 9. The topological polar surface area (TPSA) is 120 Å². The van der Waals surface area contributed by atoms with Crippen molar-refractivity contribution >= 4 is 45.5 Å². The van der Waals surface area contributed by atoms with Crippen molar-refractivity contribution in [3.05, 3.63) is 29.5 Å². The van der Waals surface area contributed by atoms with Crippen molar-refractivity contribution in [2.45, 2.75) is 47.1 Å². The molecular weight excluding hydrogens is 416 g/mol. The fraction of sp³-hybridized carbons (Fsp3) is 0.429. The molecule has 2 aromatic rings. The van der Waals surface area contributed by atoms with Crippen LogP contribution in [0.15, 0.2) is 28.4 Å². The van der Waals surface area contributed by atoms with Gasteiger partial charge < -0.3 is 15.0 Å². The molecule has 9 nitrogen and oxygen atoms in total. The predicted molar refractivity (Wildman–Crippen MR) is 120 cm³/mol. The molecule has 0 bridgehead atoms. The summed E-state index contributed by atoms with van der Waals surface area (Å²) in [5.74, 6) is -0.566. The minimum atomic E-state index is -0.325. The Morgan fingerprint density at radius 1 is 1.35 bits per heavy atom. The smallest absolute Gasteiger partial charge is 0.302 e. The number of aromatic nitrogens is 1. The van der Waals surface area contributed by atoms with Crippen molar-refractivity contribution in [3.8, 4) is 6.07 Å². The molecule has 31 heavy (non-hydrogen) atoms. The summed E-state index contributed by atoms with van der Waals surface area (Å²) in [6.45, 7) is 9.47. The maximum atomic E-state index is 11.8. The van der Waals surface area contributed by atoms with Gasteiger partial charge in [-0.1, -0.05) is 6.92 Å². The quantitative estimate of drug-likeness (QED) is 0.437. The summed E-state index contributed by atoms with van der Waals surface area (Å²) in [7, 11) is 0. The average molecular weight is 443 g/mol. The summed E-state index contributed by atoms with van der Waals surface area (Å²) in [6.07, 6.45) is 0.888. The largest absolute Gasteiger partial charge is 0.464 e. The lowest BCUT2D eigenvalue weighted by atomic mass is 10.1. The first-order valence-corrected chi connectivity index (χ1v) is 10.6. The van der Waals surface area contributed by atoms with Gasteiger partial charge in [-0.15, -0.1) is 10.2 Å². The number of benzene rings is 1. The molecule has 0 aliphatic rings. The number of carbonyl (C=O) groups is 2. The van der Waals surface area contributed by atoms with Crippen molar-refractivity contribution in [3.63, 3.8) is 0 Å². The van der Waals surface area contributed by atoms with E-state index in [2.05, 4.69) is 44.7 Å². The minimum Gasteiger partial charge on any atom is -0.464 e. The zero-order valence-electron chi connectivity index (χ0n) is 18.3. The maximum Gasteiger partial charge on any atom is 0.302 e. The standard InChI is InChI=1S/C21H26N6O3S/c1-6-13(2)27(9-10-30-16(5)29)17-7-8-19(20(11-17)23-15(4)28)24-25-21-18(12-22)14(3)26-31-21/h7-8,11,13H,6,9-10H2,1-5H3,(H,23,28). The van der Waals surface area contributed by atoms with Gasteiger partial charge in [-0.05, 0) is 50.0 Å². The van der Waals surface area contributed by atoms with E-state index in [1.165, 1.54) is 13.8 Å². The fourth-order valence-corrected chi connectivity index (χ4v) is 3.52. The molecule has 0 saturated carbocycles. The van der Waals surface area contributed by atoms with Gasteiger partial charge in [0.15, 0.2) is 5.00 Å². The Bertz CT molecular complexity index is 1010. The van der Waals surface area contributed by atoms with Gasteiger partial charge in [0.1, 0.15) is 23.9 Å². The molecule has 10 heteroatoms. The molecule has 0 spiro atoms. The molecule has 0 radical (unpaired) electrons. The van der Waals surface area contributed by atoms with E-state index in [1.54, 1.807) is 13.0 Å². The molecule has 0 fully saturated rings. The molecule has 0 saturated heterocycles. The van der Waals surface area contributed by atoms with Crippen LogP contribution in [-0.2, 0) is 14.3 Å². The minimum absolute atomic E-state index is 0.187. The van der Waals surface area contributed by atoms with Crippen LogP contribution in [0.4, 0.5) is 22.1 Å². The number of anilines is 2. The second-order valence-electron chi connectivity index (χ2n) is 6.93. The lowest BCUT2D eigenvalue weighted by Gasteiger charge is -2.31. The lowest BCUT2D eigenvalue weighted by molar-refractivity contribution is -0.140. The highest BCUT2D eigenvalue weighted by Gasteiger charge is 2.16. The van der Waals surface area contributed by atoms with Gasteiger partial charge in [0.05, 0.1) is 17.9 Å². The fourth-order valence-electron chi connectivity index (χ4n) is 2.85. The molecule has 164 valence electrons. The summed E-state index contributed by atoms with van der Waals surface area (Å²) in [5, 5.41) is 20.9. The molecule has 1 heterocycles. The van der Waals surface area contributed by atoms with Crippen molar-refractivity contribution in [1.82, 2.24) is 4.37 Å². The molecule has 2 rings (SSSR count). The summed E-state index contributed by atoms with van der Waals surface area (Å²) in [5.41, 5.74) is 2.80. The predicted octanol–water partition coefficient (Wildman–Crippen LogP) is 4.87. The SMILES string of the molecule is CCC(C)N(CCOC(C)=O)c1ccc(N=Nc2snc(C)c2C#N)c(NC(C)=O)c1. The van der Waals surface area contributed by atoms with Crippen LogP contribution >= 0.6 is 11.5 Å².